The van der Waals surface area contributed by atoms with Gasteiger partial charge in [0.1, 0.15) is 0 Å². The quantitative estimate of drug-likeness (QED) is 0.428. The Labute approximate surface area is 127 Å². The van der Waals surface area contributed by atoms with Gasteiger partial charge in [-0.1, -0.05) is 30.3 Å². The lowest BCUT2D eigenvalue weighted by molar-refractivity contribution is -0.109. The van der Waals surface area contributed by atoms with Gasteiger partial charge in [-0.05, 0) is 18.2 Å². The molecule has 0 bridgehead atoms. The van der Waals surface area contributed by atoms with Crippen LogP contribution in [0.15, 0.2) is 48.5 Å². The molecule has 2 N–H and O–H groups in total. The number of nitrogens with zero attached hydrogens (tertiary/aromatic N) is 1. The third kappa shape index (κ3) is 2.74. The van der Waals surface area contributed by atoms with Gasteiger partial charge in [0.05, 0.1) is 16.6 Å². The summed E-state index contributed by atoms with van der Waals surface area (Å²) in [5.74, 6) is -0.193. The molecule has 22 heavy (non-hydrogen) atoms. The number of para-hydroxylation sites is 2. The molecule has 0 atom stereocenters. The lowest BCUT2D eigenvalue weighted by Crippen LogP contribution is -2.31. The molecular formula is C17H15N3O2. The lowest BCUT2D eigenvalue weighted by Gasteiger charge is -2.08. The third-order valence-corrected chi connectivity index (χ3v) is 3.43. The highest BCUT2D eigenvalue weighted by atomic mass is 16.1. The smallest absolute Gasteiger partial charge is 0.253 e. The minimum Gasteiger partial charge on any atom is -0.357 e. The van der Waals surface area contributed by atoms with Gasteiger partial charge in [-0.15, -0.1) is 0 Å². The van der Waals surface area contributed by atoms with E-state index in [4.69, 9.17) is 0 Å². The normalized spacial score (nSPS) is 10.5. The van der Waals surface area contributed by atoms with Crippen molar-refractivity contribution < 1.29 is 9.59 Å². The molecule has 2 aromatic carbocycles. The minimum absolute atomic E-state index is 0.193. The Bertz CT molecular complexity index is 846. The number of aromatic nitrogens is 1. The summed E-state index contributed by atoms with van der Waals surface area (Å²) < 4.78 is 0. The zero-order valence-electron chi connectivity index (χ0n) is 11.9. The molecule has 3 aromatic rings. The second-order valence-corrected chi connectivity index (χ2v) is 4.89. The van der Waals surface area contributed by atoms with Gasteiger partial charge in [0.15, 0.2) is 0 Å². The Morgan fingerprint density at radius 2 is 1.86 bits per heavy atom. The predicted octanol–water partition coefficient (Wildman–Crippen LogP) is 1.86. The molecule has 1 heterocycles. The first-order valence-corrected chi connectivity index (χ1v) is 7.03. The van der Waals surface area contributed by atoms with Crippen LogP contribution in [0.4, 0.5) is 0 Å². The van der Waals surface area contributed by atoms with Crippen LogP contribution in [-0.2, 0) is 4.79 Å². The number of nitrogens with one attached hydrogen (secondary N) is 2. The maximum absolute atomic E-state index is 12.3. The van der Waals surface area contributed by atoms with Gasteiger partial charge < -0.3 is 10.6 Å². The van der Waals surface area contributed by atoms with E-state index in [-0.39, 0.29) is 5.91 Å². The molecule has 110 valence electrons. The summed E-state index contributed by atoms with van der Waals surface area (Å²) in [5, 5.41) is 7.25. The van der Waals surface area contributed by atoms with Crippen molar-refractivity contribution in [3.63, 3.8) is 0 Å². The van der Waals surface area contributed by atoms with Crippen molar-refractivity contribution in [2.45, 2.75) is 0 Å². The summed E-state index contributed by atoms with van der Waals surface area (Å²) in [5.41, 5.74) is 2.08. The molecule has 0 fully saturated rings. The van der Waals surface area contributed by atoms with Gasteiger partial charge in [0, 0.05) is 23.9 Å². The van der Waals surface area contributed by atoms with Crippen LogP contribution < -0.4 is 10.6 Å². The molecular weight excluding hydrogens is 278 g/mol. The highest BCUT2D eigenvalue weighted by molar-refractivity contribution is 6.07. The fourth-order valence-electron chi connectivity index (χ4n) is 2.39. The summed E-state index contributed by atoms with van der Waals surface area (Å²) in [6.45, 7) is 0.776. The van der Waals surface area contributed by atoms with Crippen LogP contribution in [-0.4, -0.2) is 30.4 Å². The van der Waals surface area contributed by atoms with Crippen LogP contribution in [0, 0.1) is 0 Å². The van der Waals surface area contributed by atoms with Crippen molar-refractivity contribution in [2.24, 2.45) is 0 Å². The lowest BCUT2D eigenvalue weighted by atomic mass is 10.1. The highest BCUT2D eigenvalue weighted by Crippen LogP contribution is 2.22. The van der Waals surface area contributed by atoms with Crippen molar-refractivity contribution in [1.29, 1.82) is 0 Å². The Balaban J connectivity index is 1.96. The third-order valence-electron chi connectivity index (χ3n) is 3.43. The van der Waals surface area contributed by atoms with Gasteiger partial charge in [0.25, 0.3) is 5.91 Å². The first-order valence-electron chi connectivity index (χ1n) is 7.03. The Kier molecular flexibility index (Phi) is 3.96. The number of rotatable bonds is 5. The highest BCUT2D eigenvalue weighted by Gasteiger charge is 2.11. The van der Waals surface area contributed by atoms with E-state index < -0.39 is 0 Å². The molecule has 0 saturated carbocycles. The van der Waals surface area contributed by atoms with Crippen LogP contribution in [0.25, 0.3) is 21.8 Å². The molecule has 0 saturated heterocycles. The number of hydrogen-bond acceptors (Lipinski definition) is 3. The van der Waals surface area contributed by atoms with E-state index in [1.807, 2.05) is 42.5 Å². The van der Waals surface area contributed by atoms with Crippen molar-refractivity contribution in [2.75, 3.05) is 13.1 Å². The number of hydrogen-bond donors (Lipinski definition) is 2. The molecule has 0 unspecified atom stereocenters. The molecule has 5 heteroatoms. The van der Waals surface area contributed by atoms with Gasteiger partial charge in [-0.3, -0.25) is 9.59 Å². The fraction of sp³-hybridized carbons (Fsp3) is 0.118. The van der Waals surface area contributed by atoms with Gasteiger partial charge in [-0.2, -0.15) is 0 Å². The van der Waals surface area contributed by atoms with Crippen molar-refractivity contribution in [1.82, 2.24) is 15.6 Å². The Morgan fingerprint density at radius 3 is 2.73 bits per heavy atom. The van der Waals surface area contributed by atoms with E-state index in [0.29, 0.717) is 30.6 Å². The molecule has 1 aromatic heterocycles. The molecule has 0 spiro atoms. The predicted molar refractivity (Wildman–Crippen MR) is 85.6 cm³/mol. The summed E-state index contributed by atoms with van der Waals surface area (Å²) >= 11 is 0. The van der Waals surface area contributed by atoms with Crippen LogP contribution in [0.2, 0.25) is 0 Å². The number of carbonyl (C=O) groups is 2. The molecule has 3 rings (SSSR count). The average molecular weight is 293 g/mol. The Hall–Kier alpha value is -2.95. The largest absolute Gasteiger partial charge is 0.357 e. The van der Waals surface area contributed by atoms with Gasteiger partial charge >= 0.3 is 0 Å². The maximum Gasteiger partial charge on any atom is 0.253 e. The summed E-state index contributed by atoms with van der Waals surface area (Å²) in [6, 6.07) is 15.4. The number of benzene rings is 2. The summed E-state index contributed by atoms with van der Waals surface area (Å²) in [4.78, 5) is 27.1. The SMILES string of the molecule is O=CNCCNC(=O)c1cccc2cc3ccccc3nc12. The Morgan fingerprint density at radius 1 is 1.05 bits per heavy atom. The van der Waals surface area contributed by atoms with Crippen LogP contribution in [0.1, 0.15) is 10.4 Å². The number of pyridine rings is 1. The van der Waals surface area contributed by atoms with E-state index >= 15 is 0 Å². The summed E-state index contributed by atoms with van der Waals surface area (Å²) in [6.07, 6.45) is 0.609. The minimum atomic E-state index is -0.193. The molecule has 0 aliphatic rings. The zero-order chi connectivity index (χ0) is 15.4. The van der Waals surface area contributed by atoms with Crippen LogP contribution >= 0.6 is 0 Å². The first-order chi connectivity index (χ1) is 10.8. The average Bonchev–Trinajstić information content (AvgIpc) is 2.56. The zero-order valence-corrected chi connectivity index (χ0v) is 11.9. The van der Waals surface area contributed by atoms with Crippen LogP contribution in [0.5, 0.6) is 0 Å². The number of amides is 2. The van der Waals surface area contributed by atoms with Crippen molar-refractivity contribution >= 4 is 34.1 Å². The second kappa shape index (κ2) is 6.22. The standard InChI is InChI=1S/C17H15N3O2/c21-11-18-8-9-19-17(22)14-6-3-5-13-10-12-4-1-2-7-15(12)20-16(13)14/h1-7,10-11H,8-9H2,(H,18,21)(H,19,22). The number of carbonyl (C=O) groups excluding carboxylic acids is 2. The number of fused-ring (bicyclic) bond motifs is 2. The van der Waals surface area contributed by atoms with Gasteiger partial charge in [-0.25, -0.2) is 4.98 Å². The molecule has 0 aliphatic carbocycles. The molecule has 0 aliphatic heterocycles. The topological polar surface area (TPSA) is 71.1 Å². The van der Waals surface area contributed by atoms with Crippen molar-refractivity contribution in [3.8, 4) is 0 Å². The fourth-order valence-corrected chi connectivity index (χ4v) is 2.39. The van der Waals surface area contributed by atoms with E-state index in [9.17, 15) is 9.59 Å². The molecule has 0 radical (unpaired) electrons. The van der Waals surface area contributed by atoms with Crippen LogP contribution in [0.3, 0.4) is 0 Å². The van der Waals surface area contributed by atoms with E-state index in [0.717, 1.165) is 16.3 Å². The van der Waals surface area contributed by atoms with E-state index in [2.05, 4.69) is 15.6 Å². The van der Waals surface area contributed by atoms with E-state index in [1.54, 1.807) is 6.07 Å². The molecule has 2 amide bonds. The van der Waals surface area contributed by atoms with Crippen molar-refractivity contribution in [3.05, 3.63) is 54.1 Å². The maximum atomic E-state index is 12.3. The monoisotopic (exact) mass is 293 g/mol. The van der Waals surface area contributed by atoms with E-state index in [1.165, 1.54) is 0 Å². The first kappa shape index (κ1) is 14.0. The van der Waals surface area contributed by atoms with Gasteiger partial charge in [0.2, 0.25) is 6.41 Å². The molecule has 5 nitrogen and oxygen atoms in total. The second-order valence-electron chi connectivity index (χ2n) is 4.89. The summed E-state index contributed by atoms with van der Waals surface area (Å²) in [7, 11) is 0.